The van der Waals surface area contributed by atoms with E-state index in [1.54, 1.807) is 11.9 Å². The van der Waals surface area contributed by atoms with Gasteiger partial charge < -0.3 is 4.90 Å². The van der Waals surface area contributed by atoms with Gasteiger partial charge in [-0.1, -0.05) is 34.1 Å². The Morgan fingerprint density at radius 3 is 2.70 bits per heavy atom. The predicted octanol–water partition coefficient (Wildman–Crippen LogP) is 2.03. The van der Waals surface area contributed by atoms with Gasteiger partial charge in [-0.15, -0.1) is 0 Å². The zero-order chi connectivity index (χ0) is 14.8. The summed E-state index contributed by atoms with van der Waals surface area (Å²) in [6, 6.07) is 7.65. The van der Waals surface area contributed by atoms with Gasteiger partial charge in [-0.3, -0.25) is 4.79 Å². The van der Waals surface area contributed by atoms with Crippen LogP contribution in [0.1, 0.15) is 18.4 Å². The number of rotatable bonds is 4. The number of carbonyl (C=O) groups is 1. The number of hydrogen-bond acceptors (Lipinski definition) is 3. The van der Waals surface area contributed by atoms with E-state index >= 15 is 0 Å². The van der Waals surface area contributed by atoms with Crippen molar-refractivity contribution in [3.8, 4) is 0 Å². The molecule has 0 bridgehead atoms. The smallest absolute Gasteiger partial charge is 0.222 e. The quantitative estimate of drug-likeness (QED) is 0.826. The third kappa shape index (κ3) is 3.82. The highest BCUT2D eigenvalue weighted by Gasteiger charge is 2.32. The van der Waals surface area contributed by atoms with Crippen molar-refractivity contribution >= 4 is 31.7 Å². The van der Waals surface area contributed by atoms with Gasteiger partial charge in [-0.2, -0.15) is 0 Å². The highest BCUT2D eigenvalue weighted by Crippen LogP contribution is 2.20. The van der Waals surface area contributed by atoms with Crippen molar-refractivity contribution in [3.63, 3.8) is 0 Å². The fourth-order valence-corrected chi connectivity index (χ4v) is 4.66. The zero-order valence-corrected chi connectivity index (χ0v) is 13.8. The van der Waals surface area contributed by atoms with Crippen LogP contribution in [0.5, 0.6) is 0 Å². The van der Waals surface area contributed by atoms with E-state index in [9.17, 15) is 13.2 Å². The van der Waals surface area contributed by atoms with Crippen molar-refractivity contribution in [2.45, 2.75) is 25.3 Å². The molecule has 1 aromatic carbocycles. The van der Waals surface area contributed by atoms with Crippen LogP contribution in [0.25, 0.3) is 0 Å². The maximum absolute atomic E-state index is 12.1. The summed E-state index contributed by atoms with van der Waals surface area (Å²) in [6.07, 6.45) is 1.61. The summed E-state index contributed by atoms with van der Waals surface area (Å²) in [4.78, 5) is 13.7. The van der Waals surface area contributed by atoms with Crippen molar-refractivity contribution in [2.75, 3.05) is 18.6 Å². The maximum Gasteiger partial charge on any atom is 0.222 e. The molecule has 0 spiro atoms. The Morgan fingerprint density at radius 1 is 1.40 bits per heavy atom. The highest BCUT2D eigenvalue weighted by molar-refractivity contribution is 9.10. The molecule has 0 radical (unpaired) electrons. The van der Waals surface area contributed by atoms with Crippen LogP contribution in [-0.4, -0.2) is 43.8 Å². The van der Waals surface area contributed by atoms with Crippen molar-refractivity contribution in [3.05, 3.63) is 34.3 Å². The molecule has 1 aromatic rings. The monoisotopic (exact) mass is 359 g/mol. The Hall–Kier alpha value is -0.880. The minimum absolute atomic E-state index is 0.00264. The number of benzene rings is 1. The molecule has 6 heteroatoms. The van der Waals surface area contributed by atoms with Gasteiger partial charge in [0.1, 0.15) is 0 Å². The van der Waals surface area contributed by atoms with Crippen LogP contribution in [0.4, 0.5) is 0 Å². The second-order valence-electron chi connectivity index (χ2n) is 5.15. The number of aryl methyl sites for hydroxylation is 1. The standard InChI is InChI=1S/C14H18BrNO3S/c1-16(12-8-9-20(18,19)10-12)14(17)7-6-11-4-2-3-5-13(11)15/h2-5,12H,6-10H2,1H3. The summed E-state index contributed by atoms with van der Waals surface area (Å²) in [5.41, 5.74) is 1.09. The summed E-state index contributed by atoms with van der Waals surface area (Å²) < 4.78 is 23.9. The first-order chi connectivity index (χ1) is 9.39. The first-order valence-electron chi connectivity index (χ1n) is 6.58. The minimum atomic E-state index is -2.95. The number of halogens is 1. The SMILES string of the molecule is CN(C(=O)CCc1ccccc1Br)C1CCS(=O)(=O)C1. The van der Waals surface area contributed by atoms with Gasteiger partial charge in [0.15, 0.2) is 9.84 Å². The van der Waals surface area contributed by atoms with E-state index < -0.39 is 9.84 Å². The van der Waals surface area contributed by atoms with Crippen LogP contribution >= 0.6 is 15.9 Å². The van der Waals surface area contributed by atoms with Crippen LogP contribution < -0.4 is 0 Å². The van der Waals surface area contributed by atoms with Gasteiger partial charge in [-0.05, 0) is 24.5 Å². The highest BCUT2D eigenvalue weighted by atomic mass is 79.9. The summed E-state index contributed by atoms with van der Waals surface area (Å²) in [5, 5.41) is 0. The summed E-state index contributed by atoms with van der Waals surface area (Å²) in [6.45, 7) is 0. The predicted molar refractivity (Wildman–Crippen MR) is 82.3 cm³/mol. The molecule has 110 valence electrons. The van der Waals surface area contributed by atoms with Gasteiger partial charge in [0.05, 0.1) is 11.5 Å². The zero-order valence-electron chi connectivity index (χ0n) is 11.4. The Bertz CT molecular complexity index is 600. The number of nitrogens with zero attached hydrogens (tertiary/aromatic N) is 1. The molecule has 0 aliphatic carbocycles. The second-order valence-corrected chi connectivity index (χ2v) is 8.24. The summed E-state index contributed by atoms with van der Waals surface area (Å²) >= 11 is 3.46. The van der Waals surface area contributed by atoms with E-state index in [2.05, 4.69) is 15.9 Å². The van der Waals surface area contributed by atoms with E-state index in [1.165, 1.54) is 0 Å². The lowest BCUT2D eigenvalue weighted by Crippen LogP contribution is -2.37. The molecule has 0 saturated carbocycles. The van der Waals surface area contributed by atoms with E-state index in [-0.39, 0.29) is 23.5 Å². The average Bonchev–Trinajstić information content (AvgIpc) is 2.77. The molecule has 1 heterocycles. The molecule has 1 amide bonds. The third-order valence-corrected chi connectivity index (χ3v) is 6.24. The van der Waals surface area contributed by atoms with Crippen LogP contribution in [0, 0.1) is 0 Å². The molecule has 1 unspecified atom stereocenters. The number of sulfone groups is 1. The van der Waals surface area contributed by atoms with E-state index in [0.29, 0.717) is 19.3 Å². The summed E-state index contributed by atoms with van der Waals surface area (Å²) in [5.74, 6) is 0.298. The number of amides is 1. The van der Waals surface area contributed by atoms with Gasteiger partial charge in [-0.25, -0.2) is 8.42 Å². The molecule has 2 rings (SSSR count). The van der Waals surface area contributed by atoms with Gasteiger partial charge in [0.2, 0.25) is 5.91 Å². The van der Waals surface area contributed by atoms with Crippen LogP contribution in [0.15, 0.2) is 28.7 Å². The molecule has 1 atom stereocenters. The molecular formula is C14H18BrNO3S. The van der Waals surface area contributed by atoms with Gasteiger partial charge in [0.25, 0.3) is 0 Å². The van der Waals surface area contributed by atoms with Crippen molar-refractivity contribution in [2.24, 2.45) is 0 Å². The Balaban J connectivity index is 1.91. The lowest BCUT2D eigenvalue weighted by atomic mass is 10.1. The fourth-order valence-electron chi connectivity index (χ4n) is 2.40. The Morgan fingerprint density at radius 2 is 2.10 bits per heavy atom. The summed E-state index contributed by atoms with van der Waals surface area (Å²) in [7, 11) is -1.25. The van der Waals surface area contributed by atoms with E-state index in [1.807, 2.05) is 24.3 Å². The average molecular weight is 360 g/mol. The molecule has 1 aliphatic rings. The molecule has 1 aliphatic heterocycles. The molecule has 1 saturated heterocycles. The van der Waals surface area contributed by atoms with Crippen LogP contribution in [0.2, 0.25) is 0 Å². The molecule has 0 N–H and O–H groups in total. The first-order valence-corrected chi connectivity index (χ1v) is 9.20. The lowest BCUT2D eigenvalue weighted by molar-refractivity contribution is -0.131. The fraction of sp³-hybridized carbons (Fsp3) is 0.500. The Kier molecular flexibility index (Phi) is 4.86. The maximum atomic E-state index is 12.1. The molecule has 4 nitrogen and oxygen atoms in total. The second kappa shape index (κ2) is 6.26. The Labute approximate surface area is 128 Å². The van der Waals surface area contributed by atoms with Crippen molar-refractivity contribution in [1.82, 2.24) is 4.90 Å². The largest absolute Gasteiger partial charge is 0.342 e. The first kappa shape index (κ1) is 15.5. The van der Waals surface area contributed by atoms with Crippen LogP contribution in [0.3, 0.4) is 0 Å². The van der Waals surface area contributed by atoms with Crippen molar-refractivity contribution < 1.29 is 13.2 Å². The van der Waals surface area contributed by atoms with Gasteiger partial charge >= 0.3 is 0 Å². The molecule has 1 fully saturated rings. The van der Waals surface area contributed by atoms with Gasteiger partial charge in [0, 0.05) is 24.0 Å². The molecule has 0 aromatic heterocycles. The van der Waals surface area contributed by atoms with Crippen LogP contribution in [-0.2, 0) is 21.1 Å². The number of carbonyl (C=O) groups excluding carboxylic acids is 1. The topological polar surface area (TPSA) is 54.5 Å². The molecule has 20 heavy (non-hydrogen) atoms. The normalized spacial score (nSPS) is 20.8. The van der Waals surface area contributed by atoms with E-state index in [0.717, 1.165) is 10.0 Å². The van der Waals surface area contributed by atoms with E-state index in [4.69, 9.17) is 0 Å². The lowest BCUT2D eigenvalue weighted by Gasteiger charge is -2.23. The number of hydrogen-bond donors (Lipinski definition) is 0. The molecular weight excluding hydrogens is 342 g/mol. The van der Waals surface area contributed by atoms with Crippen molar-refractivity contribution in [1.29, 1.82) is 0 Å². The minimum Gasteiger partial charge on any atom is -0.342 e. The third-order valence-electron chi connectivity index (χ3n) is 3.72.